The summed E-state index contributed by atoms with van der Waals surface area (Å²) in [5.74, 6) is 1.07. The van der Waals surface area contributed by atoms with E-state index in [2.05, 4.69) is 46.3 Å². The summed E-state index contributed by atoms with van der Waals surface area (Å²) in [5.41, 5.74) is 4.27. The van der Waals surface area contributed by atoms with Crippen LogP contribution in [-0.4, -0.2) is 71.9 Å². The van der Waals surface area contributed by atoms with Crippen molar-refractivity contribution in [3.63, 3.8) is 0 Å². The molecule has 8 heteroatoms. The van der Waals surface area contributed by atoms with Gasteiger partial charge in [0.05, 0.1) is 13.2 Å². The largest absolute Gasteiger partial charge is 0.494 e. The number of nitrogens with one attached hydrogen (secondary N) is 1. The molecule has 0 bridgehead atoms. The van der Waals surface area contributed by atoms with Gasteiger partial charge < -0.3 is 14.5 Å². The second-order valence-electron chi connectivity index (χ2n) is 10.1. The Hall–Kier alpha value is -3.10. The predicted molar refractivity (Wildman–Crippen MR) is 135 cm³/mol. The van der Waals surface area contributed by atoms with Gasteiger partial charge in [0.1, 0.15) is 24.2 Å². The number of benzene rings is 2. The normalized spacial score (nSPS) is 26.7. The summed E-state index contributed by atoms with van der Waals surface area (Å²) in [6, 6.07) is 13.6. The van der Waals surface area contributed by atoms with Gasteiger partial charge in [0.25, 0.3) is 5.91 Å². The first-order valence-corrected chi connectivity index (χ1v) is 12.4. The number of anilines is 1. The topological polar surface area (TPSA) is 68.4 Å². The van der Waals surface area contributed by atoms with Crippen LogP contribution in [0.1, 0.15) is 30.5 Å². The molecule has 3 heterocycles. The zero-order chi connectivity index (χ0) is 24.9. The van der Waals surface area contributed by atoms with E-state index < -0.39 is 6.04 Å². The molecule has 5 rings (SSSR count). The van der Waals surface area contributed by atoms with E-state index in [1.54, 1.807) is 11.9 Å². The first-order valence-electron chi connectivity index (χ1n) is 12.4. The average molecular weight is 478 g/mol. The molecule has 3 saturated heterocycles. The molecule has 3 amide bonds. The number of amides is 3. The molecule has 3 aliphatic heterocycles. The van der Waals surface area contributed by atoms with Gasteiger partial charge in [-0.1, -0.05) is 30.7 Å². The van der Waals surface area contributed by atoms with Crippen LogP contribution in [0.3, 0.4) is 0 Å². The molecule has 1 N–H and O–H groups in total. The molecule has 0 spiro atoms. The number of hydrogen-bond donors (Lipinski definition) is 1. The number of carbonyl (C=O) groups is 2. The van der Waals surface area contributed by atoms with Gasteiger partial charge >= 0.3 is 6.03 Å². The van der Waals surface area contributed by atoms with Crippen LogP contribution >= 0.6 is 0 Å². The van der Waals surface area contributed by atoms with E-state index in [4.69, 9.17) is 4.74 Å². The molecule has 8 nitrogen and oxygen atoms in total. The molecule has 35 heavy (non-hydrogen) atoms. The molecule has 4 unspecified atom stereocenters. The van der Waals surface area contributed by atoms with Crippen molar-refractivity contribution < 1.29 is 14.3 Å². The van der Waals surface area contributed by atoms with Crippen LogP contribution in [0, 0.1) is 19.8 Å². The van der Waals surface area contributed by atoms with Crippen LogP contribution in [0.15, 0.2) is 42.5 Å². The van der Waals surface area contributed by atoms with Crippen molar-refractivity contribution in [2.75, 3.05) is 31.6 Å². The molecule has 3 fully saturated rings. The highest BCUT2D eigenvalue weighted by atomic mass is 16.5. The highest BCUT2D eigenvalue weighted by Crippen LogP contribution is 2.35. The molecule has 0 saturated carbocycles. The second-order valence-corrected chi connectivity index (χ2v) is 10.1. The first-order chi connectivity index (χ1) is 16.8. The summed E-state index contributed by atoms with van der Waals surface area (Å²) < 4.78 is 5.61. The average Bonchev–Trinajstić information content (AvgIpc) is 3.22. The molecule has 4 atom stereocenters. The quantitative estimate of drug-likeness (QED) is 0.714. The van der Waals surface area contributed by atoms with Crippen molar-refractivity contribution in [3.05, 3.63) is 59.2 Å². The maximum atomic E-state index is 13.8. The zero-order valence-corrected chi connectivity index (χ0v) is 21.2. The lowest BCUT2D eigenvalue weighted by molar-refractivity contribution is -0.139. The maximum Gasteiger partial charge on any atom is 0.328 e. The highest BCUT2D eigenvalue weighted by Gasteiger charge is 2.56. The number of imide groups is 1. The second kappa shape index (κ2) is 9.17. The third-order valence-electron chi connectivity index (χ3n) is 7.40. The number of hydrogen-bond acceptors (Lipinski definition) is 6. The summed E-state index contributed by atoms with van der Waals surface area (Å²) >= 11 is 0. The Balaban J connectivity index is 1.43. The van der Waals surface area contributed by atoms with E-state index in [1.807, 2.05) is 39.0 Å². The molecule has 0 aliphatic carbocycles. The summed E-state index contributed by atoms with van der Waals surface area (Å²) in [6.45, 7) is 10.8. The molecular weight excluding hydrogens is 442 g/mol. The Kier molecular flexibility index (Phi) is 6.19. The first kappa shape index (κ1) is 23.6. The van der Waals surface area contributed by atoms with Gasteiger partial charge in [-0.2, -0.15) is 0 Å². The molecule has 2 aromatic rings. The van der Waals surface area contributed by atoms with E-state index in [1.165, 1.54) is 4.90 Å². The lowest BCUT2D eigenvalue weighted by Gasteiger charge is -2.46. The van der Waals surface area contributed by atoms with Crippen LogP contribution < -0.4 is 15.0 Å². The fraction of sp³-hybridized carbons (Fsp3) is 0.481. The minimum absolute atomic E-state index is 0.130. The van der Waals surface area contributed by atoms with Crippen LogP contribution in [0.4, 0.5) is 10.5 Å². The Morgan fingerprint density at radius 3 is 2.51 bits per heavy atom. The van der Waals surface area contributed by atoms with E-state index in [0.29, 0.717) is 12.5 Å². The van der Waals surface area contributed by atoms with E-state index in [-0.39, 0.29) is 30.9 Å². The van der Waals surface area contributed by atoms with Gasteiger partial charge in [-0.3, -0.25) is 19.9 Å². The number of nitrogens with zero attached hydrogens (tertiary/aromatic N) is 4. The van der Waals surface area contributed by atoms with Crippen molar-refractivity contribution in [3.8, 4) is 5.75 Å². The Morgan fingerprint density at radius 2 is 1.80 bits per heavy atom. The van der Waals surface area contributed by atoms with Crippen molar-refractivity contribution in [2.45, 2.75) is 52.7 Å². The smallest absolute Gasteiger partial charge is 0.328 e. The minimum Gasteiger partial charge on any atom is -0.494 e. The Labute approximate surface area is 207 Å². The molecular formula is C27H35N5O3. The van der Waals surface area contributed by atoms with Crippen molar-refractivity contribution in [2.24, 2.45) is 5.92 Å². The van der Waals surface area contributed by atoms with E-state index in [0.717, 1.165) is 41.2 Å². The fourth-order valence-corrected chi connectivity index (χ4v) is 5.61. The van der Waals surface area contributed by atoms with Gasteiger partial charge in [-0.05, 0) is 62.1 Å². The van der Waals surface area contributed by atoms with Gasteiger partial charge in [-0.15, -0.1) is 0 Å². The monoisotopic (exact) mass is 477 g/mol. The summed E-state index contributed by atoms with van der Waals surface area (Å²) in [6.07, 6.45) is -0.538. The highest BCUT2D eigenvalue weighted by molar-refractivity contribution is 6.00. The third-order valence-corrected chi connectivity index (χ3v) is 7.40. The Morgan fingerprint density at radius 1 is 1.06 bits per heavy atom. The molecule has 0 radical (unpaired) electrons. The van der Waals surface area contributed by atoms with E-state index in [9.17, 15) is 9.59 Å². The summed E-state index contributed by atoms with van der Waals surface area (Å²) in [4.78, 5) is 34.8. The summed E-state index contributed by atoms with van der Waals surface area (Å²) in [5, 5.41) is 3.60. The minimum atomic E-state index is -0.430. The van der Waals surface area contributed by atoms with E-state index >= 15 is 0 Å². The molecule has 2 aromatic carbocycles. The number of likely N-dealkylation sites (N-methyl/N-ethyl adjacent to an activating group) is 1. The van der Waals surface area contributed by atoms with Crippen molar-refractivity contribution in [1.82, 2.24) is 20.0 Å². The number of ether oxygens (including phenoxy) is 1. The SMILES string of the molecule is CCOc1ccc(N2CC(C)CN3C4C(=O)N(Cc5cc(C)ccc5C)C(=O)N(C)C4NC23)cc1. The lowest BCUT2D eigenvalue weighted by Crippen LogP contribution is -2.66. The fourth-order valence-electron chi connectivity index (χ4n) is 5.61. The number of rotatable bonds is 5. The van der Waals surface area contributed by atoms with Gasteiger partial charge in [0.15, 0.2) is 0 Å². The number of carbonyl (C=O) groups excluding carboxylic acids is 2. The van der Waals surface area contributed by atoms with Crippen molar-refractivity contribution >= 4 is 17.6 Å². The van der Waals surface area contributed by atoms with Crippen LogP contribution in [0.5, 0.6) is 5.75 Å². The zero-order valence-electron chi connectivity index (χ0n) is 21.2. The van der Waals surface area contributed by atoms with Gasteiger partial charge in [-0.25, -0.2) is 4.79 Å². The van der Waals surface area contributed by atoms with Crippen LogP contribution in [0.2, 0.25) is 0 Å². The third kappa shape index (κ3) is 4.15. The van der Waals surface area contributed by atoms with Gasteiger partial charge in [0, 0.05) is 25.8 Å². The molecule has 0 aromatic heterocycles. The van der Waals surface area contributed by atoms with Crippen LogP contribution in [0.25, 0.3) is 0 Å². The van der Waals surface area contributed by atoms with Gasteiger partial charge in [0.2, 0.25) is 0 Å². The number of aryl methyl sites for hydroxylation is 2. The summed E-state index contributed by atoms with van der Waals surface area (Å²) in [7, 11) is 1.79. The van der Waals surface area contributed by atoms with Crippen LogP contribution in [-0.2, 0) is 11.3 Å². The lowest BCUT2D eigenvalue weighted by atomic mass is 10.0. The predicted octanol–water partition coefficient (Wildman–Crippen LogP) is 3.14. The number of fused-ring (bicyclic) bond motifs is 3. The van der Waals surface area contributed by atoms with Crippen molar-refractivity contribution in [1.29, 1.82) is 0 Å². The maximum absolute atomic E-state index is 13.8. The Bertz CT molecular complexity index is 1120. The molecule has 186 valence electrons. The number of urea groups is 1. The standard InChI is InChI=1S/C27H35N5O3/c1-6-35-22-11-9-21(10-12-22)30-14-18(3)15-31-23-24(28-26(30)31)29(5)27(34)32(25(23)33)16-20-13-17(2)7-8-19(20)4/h7-13,18,23-24,26,28H,6,14-16H2,1-5H3. The molecule has 3 aliphatic rings.